The van der Waals surface area contributed by atoms with E-state index in [1.165, 1.54) is 11.3 Å². The first-order valence-corrected chi connectivity index (χ1v) is 8.73. The highest BCUT2D eigenvalue weighted by Gasteiger charge is 2.27. The fourth-order valence-corrected chi connectivity index (χ4v) is 4.27. The molecule has 2 aromatic heterocycles. The Morgan fingerprint density at radius 2 is 2.38 bits per heavy atom. The first-order valence-electron chi connectivity index (χ1n) is 7.03. The van der Waals surface area contributed by atoms with Crippen LogP contribution in [-0.4, -0.2) is 35.0 Å². The number of carbonyl (C=O) groups excluding carboxylic acids is 1. The van der Waals surface area contributed by atoms with Gasteiger partial charge in [0.2, 0.25) is 0 Å². The zero-order chi connectivity index (χ0) is 14.8. The number of thiazole rings is 2. The number of hydrogen-bond donors (Lipinski definition) is 1. The van der Waals surface area contributed by atoms with E-state index in [1.807, 2.05) is 25.4 Å². The molecule has 1 saturated heterocycles. The van der Waals surface area contributed by atoms with Crippen molar-refractivity contribution in [2.24, 2.45) is 0 Å². The highest BCUT2D eigenvalue weighted by atomic mass is 32.1. The van der Waals surface area contributed by atoms with E-state index in [1.54, 1.807) is 11.3 Å². The van der Waals surface area contributed by atoms with Crippen LogP contribution in [0.15, 0.2) is 11.6 Å². The summed E-state index contributed by atoms with van der Waals surface area (Å²) >= 11 is 3.11. The fourth-order valence-electron chi connectivity index (χ4n) is 2.69. The summed E-state index contributed by atoms with van der Waals surface area (Å²) in [6.45, 7) is 5.49. The van der Waals surface area contributed by atoms with Gasteiger partial charge in [-0.2, -0.15) is 0 Å². The van der Waals surface area contributed by atoms with Crippen LogP contribution in [-0.2, 0) is 0 Å². The van der Waals surface area contributed by atoms with E-state index in [-0.39, 0.29) is 5.91 Å². The van der Waals surface area contributed by atoms with Gasteiger partial charge in [-0.3, -0.25) is 4.79 Å². The summed E-state index contributed by atoms with van der Waals surface area (Å²) < 4.78 is 0. The Kier molecular flexibility index (Phi) is 4.21. The molecule has 0 bridgehead atoms. The molecule has 1 aliphatic rings. The Hall–Kier alpha value is -1.47. The fraction of sp³-hybridized carbons (Fsp3) is 0.500. The minimum absolute atomic E-state index is 0.0101. The standard InChI is InChI=1S/C14H18N4OS2/c1-9-12(21-10(2)17-9)13(19)16-8-11-4-3-6-18(11)14-15-5-7-20-14/h5,7,11H,3-4,6,8H2,1-2H3,(H,16,19)/t11-/m1/s1. The lowest BCUT2D eigenvalue weighted by Gasteiger charge is -2.24. The molecule has 0 aromatic carbocycles. The van der Waals surface area contributed by atoms with Crippen LogP contribution in [0.1, 0.15) is 33.2 Å². The quantitative estimate of drug-likeness (QED) is 0.940. The minimum atomic E-state index is -0.0101. The summed E-state index contributed by atoms with van der Waals surface area (Å²) in [6, 6.07) is 0.342. The minimum Gasteiger partial charge on any atom is -0.349 e. The maximum absolute atomic E-state index is 12.3. The molecule has 2 aromatic rings. The molecule has 3 heterocycles. The van der Waals surface area contributed by atoms with Crippen LogP contribution in [0.2, 0.25) is 0 Å². The predicted molar refractivity (Wildman–Crippen MR) is 86.4 cm³/mol. The van der Waals surface area contributed by atoms with E-state index in [9.17, 15) is 4.79 Å². The number of rotatable bonds is 4. The third-order valence-corrected chi connectivity index (χ3v) is 5.53. The van der Waals surface area contributed by atoms with Crippen molar-refractivity contribution in [3.63, 3.8) is 0 Å². The first-order chi connectivity index (χ1) is 10.1. The molecule has 0 saturated carbocycles. The van der Waals surface area contributed by atoms with Crippen LogP contribution in [0.4, 0.5) is 5.13 Å². The van der Waals surface area contributed by atoms with Gasteiger partial charge in [-0.1, -0.05) is 0 Å². The molecule has 21 heavy (non-hydrogen) atoms. The zero-order valence-corrected chi connectivity index (χ0v) is 13.8. The zero-order valence-electron chi connectivity index (χ0n) is 12.1. The van der Waals surface area contributed by atoms with Gasteiger partial charge in [-0.15, -0.1) is 22.7 Å². The molecular weight excluding hydrogens is 304 g/mol. The van der Waals surface area contributed by atoms with E-state index in [4.69, 9.17) is 0 Å². The Morgan fingerprint density at radius 1 is 1.52 bits per heavy atom. The molecule has 1 amide bonds. The molecule has 7 heteroatoms. The molecule has 0 aliphatic carbocycles. The number of amides is 1. The summed E-state index contributed by atoms with van der Waals surface area (Å²) in [5, 5.41) is 7.03. The van der Waals surface area contributed by atoms with Crippen molar-refractivity contribution < 1.29 is 4.79 Å². The summed E-state index contributed by atoms with van der Waals surface area (Å²) in [5.41, 5.74) is 0.818. The highest BCUT2D eigenvalue weighted by Crippen LogP contribution is 2.27. The molecule has 1 fully saturated rings. The van der Waals surface area contributed by atoms with Crippen LogP contribution < -0.4 is 10.2 Å². The van der Waals surface area contributed by atoms with Crippen LogP contribution in [0.25, 0.3) is 0 Å². The van der Waals surface area contributed by atoms with Gasteiger partial charge in [-0.05, 0) is 26.7 Å². The first kappa shape index (κ1) is 14.5. The van der Waals surface area contributed by atoms with Crippen molar-refractivity contribution >= 4 is 33.7 Å². The van der Waals surface area contributed by atoms with Crippen LogP contribution in [0.5, 0.6) is 0 Å². The van der Waals surface area contributed by atoms with E-state index < -0.39 is 0 Å². The number of aromatic nitrogens is 2. The maximum Gasteiger partial charge on any atom is 0.263 e. The summed E-state index contributed by atoms with van der Waals surface area (Å²) in [5.74, 6) is -0.0101. The van der Waals surface area contributed by atoms with Crippen molar-refractivity contribution in [1.82, 2.24) is 15.3 Å². The van der Waals surface area contributed by atoms with Crippen LogP contribution >= 0.6 is 22.7 Å². The molecule has 1 aliphatic heterocycles. The molecular formula is C14H18N4OS2. The number of aryl methyl sites for hydroxylation is 2. The molecule has 1 N–H and O–H groups in total. The van der Waals surface area contributed by atoms with E-state index in [2.05, 4.69) is 20.2 Å². The lowest BCUT2D eigenvalue weighted by molar-refractivity contribution is 0.0954. The van der Waals surface area contributed by atoms with Crippen molar-refractivity contribution in [3.8, 4) is 0 Å². The van der Waals surface area contributed by atoms with Crippen molar-refractivity contribution in [1.29, 1.82) is 0 Å². The van der Waals surface area contributed by atoms with Crippen molar-refractivity contribution in [2.45, 2.75) is 32.7 Å². The highest BCUT2D eigenvalue weighted by molar-refractivity contribution is 7.14. The third kappa shape index (κ3) is 3.08. The Labute approximate surface area is 132 Å². The number of nitrogens with zero attached hydrogens (tertiary/aromatic N) is 3. The van der Waals surface area contributed by atoms with Gasteiger partial charge in [0, 0.05) is 30.7 Å². The molecule has 3 rings (SSSR count). The maximum atomic E-state index is 12.3. The van der Waals surface area contributed by atoms with Crippen LogP contribution in [0, 0.1) is 13.8 Å². The van der Waals surface area contributed by atoms with Gasteiger partial charge < -0.3 is 10.2 Å². The van der Waals surface area contributed by atoms with Crippen LogP contribution in [0.3, 0.4) is 0 Å². The molecule has 112 valence electrons. The average Bonchev–Trinajstić information content (AvgIpc) is 3.15. The molecule has 0 radical (unpaired) electrons. The lowest BCUT2D eigenvalue weighted by atomic mass is 10.2. The number of carbonyl (C=O) groups is 1. The molecule has 0 spiro atoms. The second-order valence-electron chi connectivity index (χ2n) is 5.16. The number of nitrogens with one attached hydrogen (secondary N) is 1. The summed E-state index contributed by atoms with van der Waals surface area (Å²) in [7, 11) is 0. The third-order valence-electron chi connectivity index (χ3n) is 3.65. The topological polar surface area (TPSA) is 58.1 Å². The average molecular weight is 322 g/mol. The van der Waals surface area contributed by atoms with E-state index in [0.717, 1.165) is 40.1 Å². The van der Waals surface area contributed by atoms with Gasteiger partial charge in [0.05, 0.1) is 10.7 Å². The summed E-state index contributed by atoms with van der Waals surface area (Å²) in [6.07, 6.45) is 4.08. The molecule has 1 atom stereocenters. The predicted octanol–water partition coefficient (Wildman–Crippen LogP) is 2.62. The Morgan fingerprint density at radius 3 is 3.05 bits per heavy atom. The van der Waals surface area contributed by atoms with Crippen molar-refractivity contribution in [3.05, 3.63) is 27.2 Å². The molecule has 5 nitrogen and oxygen atoms in total. The Bertz CT molecular complexity index is 623. The second-order valence-corrected chi connectivity index (χ2v) is 7.24. The molecule has 0 unspecified atom stereocenters. The largest absolute Gasteiger partial charge is 0.349 e. The van der Waals surface area contributed by atoms with Gasteiger partial charge in [0.1, 0.15) is 4.88 Å². The van der Waals surface area contributed by atoms with Gasteiger partial charge in [-0.25, -0.2) is 9.97 Å². The lowest BCUT2D eigenvalue weighted by Crippen LogP contribution is -2.40. The van der Waals surface area contributed by atoms with Gasteiger partial charge in [0.15, 0.2) is 5.13 Å². The monoisotopic (exact) mass is 322 g/mol. The second kappa shape index (κ2) is 6.11. The van der Waals surface area contributed by atoms with E-state index in [0.29, 0.717) is 12.6 Å². The SMILES string of the molecule is Cc1nc(C)c(C(=O)NC[C@H]2CCCN2c2nccs2)s1. The number of anilines is 1. The van der Waals surface area contributed by atoms with E-state index >= 15 is 0 Å². The normalized spacial score (nSPS) is 18.2. The summed E-state index contributed by atoms with van der Waals surface area (Å²) in [4.78, 5) is 24.0. The number of hydrogen-bond acceptors (Lipinski definition) is 6. The van der Waals surface area contributed by atoms with Crippen molar-refractivity contribution in [2.75, 3.05) is 18.0 Å². The smallest absolute Gasteiger partial charge is 0.263 e. The van der Waals surface area contributed by atoms with Gasteiger partial charge in [0.25, 0.3) is 5.91 Å². The Balaban J connectivity index is 1.62. The van der Waals surface area contributed by atoms with Gasteiger partial charge >= 0.3 is 0 Å².